The van der Waals surface area contributed by atoms with Crippen LogP contribution < -0.4 is 0 Å². The fraction of sp³-hybridized carbons (Fsp3) is 0.250. The molecule has 3 rings (SSSR count). The number of hydrogen-bond donors (Lipinski definition) is 0. The number of carbonyl (C=O) groups is 1. The Hall–Kier alpha value is -1.97. The molecule has 5 heteroatoms. The van der Waals surface area contributed by atoms with E-state index < -0.39 is 5.60 Å². The Balaban J connectivity index is 2.08. The quantitative estimate of drug-likeness (QED) is 0.661. The zero-order valence-corrected chi connectivity index (χ0v) is 15.5. The van der Waals surface area contributed by atoms with Gasteiger partial charge in [-0.25, -0.2) is 4.79 Å². The van der Waals surface area contributed by atoms with Gasteiger partial charge in [0.2, 0.25) is 0 Å². The molecule has 0 N–H and O–H groups in total. The van der Waals surface area contributed by atoms with Crippen molar-refractivity contribution in [3.05, 3.63) is 81.0 Å². The van der Waals surface area contributed by atoms with Gasteiger partial charge >= 0.3 is 5.97 Å². The molecule has 2 aromatic rings. The minimum Gasteiger partial charge on any atom is -0.482 e. The lowest BCUT2D eigenvalue weighted by atomic mass is 9.82. The van der Waals surface area contributed by atoms with E-state index in [-0.39, 0.29) is 5.97 Å². The summed E-state index contributed by atoms with van der Waals surface area (Å²) in [6.45, 7) is 3.90. The zero-order chi connectivity index (χ0) is 18.0. The predicted octanol–water partition coefficient (Wildman–Crippen LogP) is 5.49. The number of allylic oxidation sites excluding steroid dienone is 1. The molecule has 1 aliphatic heterocycles. The molecule has 0 radical (unpaired) electrons. The fourth-order valence-corrected chi connectivity index (χ4v) is 3.35. The Morgan fingerprint density at radius 3 is 1.96 bits per heavy atom. The number of esters is 1. The first-order chi connectivity index (χ1) is 12.0. The highest BCUT2D eigenvalue weighted by atomic mass is 35.5. The van der Waals surface area contributed by atoms with E-state index in [1.165, 1.54) is 0 Å². The van der Waals surface area contributed by atoms with Crippen molar-refractivity contribution >= 4 is 29.2 Å². The van der Waals surface area contributed by atoms with E-state index in [9.17, 15) is 4.79 Å². The van der Waals surface area contributed by atoms with Crippen molar-refractivity contribution in [2.75, 3.05) is 6.61 Å². The molecule has 0 amide bonds. The Morgan fingerprint density at radius 2 is 1.52 bits per heavy atom. The molecule has 0 bridgehead atoms. The molecule has 0 aliphatic carbocycles. The number of hydrogen-bond acceptors (Lipinski definition) is 3. The molecule has 130 valence electrons. The van der Waals surface area contributed by atoms with Gasteiger partial charge in [0.1, 0.15) is 5.76 Å². The van der Waals surface area contributed by atoms with Gasteiger partial charge in [0.15, 0.2) is 5.60 Å². The van der Waals surface area contributed by atoms with Gasteiger partial charge in [-0.2, -0.15) is 0 Å². The molecule has 0 aromatic heterocycles. The smallest absolute Gasteiger partial charge is 0.337 e. The maximum atomic E-state index is 12.3. The van der Waals surface area contributed by atoms with Gasteiger partial charge in [0.25, 0.3) is 0 Å². The molecular weight excluding hydrogens is 359 g/mol. The minimum absolute atomic E-state index is 0.324. The molecule has 0 saturated heterocycles. The van der Waals surface area contributed by atoms with E-state index in [0.717, 1.165) is 11.1 Å². The number of benzene rings is 2. The lowest BCUT2D eigenvalue weighted by Gasteiger charge is -2.31. The first-order valence-corrected chi connectivity index (χ1v) is 8.80. The van der Waals surface area contributed by atoms with E-state index >= 15 is 0 Å². The number of rotatable bonds is 4. The molecule has 0 fully saturated rings. The van der Waals surface area contributed by atoms with Crippen LogP contribution in [0.4, 0.5) is 0 Å². The molecule has 0 unspecified atom stereocenters. The second kappa shape index (κ2) is 7.11. The highest BCUT2D eigenvalue weighted by Crippen LogP contribution is 2.47. The Bertz CT molecular complexity index is 762. The van der Waals surface area contributed by atoms with Crippen LogP contribution >= 0.6 is 23.2 Å². The van der Waals surface area contributed by atoms with Gasteiger partial charge in [0, 0.05) is 27.6 Å². The maximum Gasteiger partial charge on any atom is 0.337 e. The zero-order valence-electron chi connectivity index (χ0n) is 14.0. The molecule has 0 atom stereocenters. The topological polar surface area (TPSA) is 35.5 Å². The van der Waals surface area contributed by atoms with Crippen LogP contribution in [0.1, 0.15) is 31.4 Å². The average Bonchev–Trinajstić information content (AvgIpc) is 2.95. The van der Waals surface area contributed by atoms with Crippen LogP contribution in [0.15, 0.2) is 59.9 Å². The monoisotopic (exact) mass is 376 g/mol. The third-order valence-electron chi connectivity index (χ3n) is 4.32. The molecule has 0 saturated carbocycles. The average molecular weight is 377 g/mol. The van der Waals surface area contributed by atoms with E-state index in [0.29, 0.717) is 34.4 Å². The van der Waals surface area contributed by atoms with Crippen molar-refractivity contribution in [1.29, 1.82) is 0 Å². The molecule has 25 heavy (non-hydrogen) atoms. The highest BCUT2D eigenvalue weighted by Gasteiger charge is 2.45. The van der Waals surface area contributed by atoms with Gasteiger partial charge in [-0.3, -0.25) is 0 Å². The molecule has 1 heterocycles. The third-order valence-corrected chi connectivity index (χ3v) is 4.82. The third kappa shape index (κ3) is 3.39. The SMILES string of the molecule is CCOC(=O)C1=C(C)OC(c2ccc(Cl)cc2)(c2ccc(Cl)cc2)C1. The first-order valence-electron chi connectivity index (χ1n) is 8.04. The van der Waals surface area contributed by atoms with Crippen LogP contribution in [0.3, 0.4) is 0 Å². The summed E-state index contributed by atoms with van der Waals surface area (Å²) in [6.07, 6.45) is 0.390. The standard InChI is InChI=1S/C20H18Cl2O3/c1-3-24-19(23)18-12-20(25-13(18)2,14-4-8-16(21)9-5-14)15-6-10-17(22)11-7-15/h4-11H,3,12H2,1-2H3. The van der Waals surface area contributed by atoms with Gasteiger partial charge in [-0.1, -0.05) is 47.5 Å². The first kappa shape index (κ1) is 17.8. The lowest BCUT2D eigenvalue weighted by molar-refractivity contribution is -0.138. The van der Waals surface area contributed by atoms with E-state index in [1.807, 2.05) is 48.5 Å². The van der Waals surface area contributed by atoms with Crippen molar-refractivity contribution in [3.8, 4) is 0 Å². The summed E-state index contributed by atoms with van der Waals surface area (Å²) in [5.74, 6) is 0.230. The van der Waals surface area contributed by atoms with Crippen molar-refractivity contribution in [1.82, 2.24) is 0 Å². The summed E-state index contributed by atoms with van der Waals surface area (Å²) in [4.78, 5) is 12.3. The fourth-order valence-electron chi connectivity index (χ4n) is 3.09. The van der Waals surface area contributed by atoms with Crippen LogP contribution in [0, 0.1) is 0 Å². The Kier molecular flexibility index (Phi) is 5.07. The van der Waals surface area contributed by atoms with Crippen molar-refractivity contribution in [2.45, 2.75) is 25.9 Å². The summed E-state index contributed by atoms with van der Waals surface area (Å²) in [5, 5.41) is 1.28. The van der Waals surface area contributed by atoms with Gasteiger partial charge in [-0.05, 0) is 38.1 Å². The predicted molar refractivity (Wildman–Crippen MR) is 98.7 cm³/mol. The molecule has 1 aliphatic rings. The normalized spacial score (nSPS) is 15.8. The second-order valence-electron chi connectivity index (χ2n) is 5.87. The second-order valence-corrected chi connectivity index (χ2v) is 6.75. The summed E-state index contributed by atoms with van der Waals surface area (Å²) < 4.78 is 11.5. The van der Waals surface area contributed by atoms with Gasteiger partial charge < -0.3 is 9.47 Å². The molecular formula is C20H18Cl2O3. The Labute approximate surface area is 157 Å². The number of ether oxygens (including phenoxy) is 2. The summed E-state index contributed by atoms with van der Waals surface area (Å²) in [6, 6.07) is 14.9. The van der Waals surface area contributed by atoms with Crippen LogP contribution in [0.5, 0.6) is 0 Å². The van der Waals surface area contributed by atoms with Crippen LogP contribution in [0.25, 0.3) is 0 Å². The maximum absolute atomic E-state index is 12.3. The van der Waals surface area contributed by atoms with Crippen molar-refractivity contribution in [2.24, 2.45) is 0 Å². The Morgan fingerprint density at radius 1 is 1.04 bits per heavy atom. The van der Waals surface area contributed by atoms with Crippen LogP contribution in [0.2, 0.25) is 10.0 Å². The minimum atomic E-state index is -0.804. The number of halogens is 2. The summed E-state index contributed by atoms with van der Waals surface area (Å²) in [7, 11) is 0. The van der Waals surface area contributed by atoms with Crippen LogP contribution in [-0.4, -0.2) is 12.6 Å². The number of carbonyl (C=O) groups excluding carboxylic acids is 1. The van der Waals surface area contributed by atoms with Gasteiger partial charge in [0.05, 0.1) is 12.2 Å². The van der Waals surface area contributed by atoms with E-state index in [1.54, 1.807) is 13.8 Å². The summed E-state index contributed by atoms with van der Waals surface area (Å²) >= 11 is 12.1. The van der Waals surface area contributed by atoms with E-state index in [2.05, 4.69) is 0 Å². The van der Waals surface area contributed by atoms with Crippen LogP contribution in [-0.2, 0) is 19.9 Å². The summed E-state index contributed by atoms with van der Waals surface area (Å²) in [5.41, 5.74) is 1.57. The molecule has 2 aromatic carbocycles. The highest BCUT2D eigenvalue weighted by molar-refractivity contribution is 6.30. The molecule has 3 nitrogen and oxygen atoms in total. The van der Waals surface area contributed by atoms with E-state index in [4.69, 9.17) is 32.7 Å². The van der Waals surface area contributed by atoms with Gasteiger partial charge in [-0.15, -0.1) is 0 Å². The van der Waals surface area contributed by atoms with Crippen molar-refractivity contribution < 1.29 is 14.3 Å². The largest absolute Gasteiger partial charge is 0.482 e. The lowest BCUT2D eigenvalue weighted by Crippen LogP contribution is -2.28. The molecule has 0 spiro atoms. The van der Waals surface area contributed by atoms with Crippen molar-refractivity contribution in [3.63, 3.8) is 0 Å².